The van der Waals surface area contributed by atoms with E-state index in [1.165, 1.54) is 80.1 Å². The van der Waals surface area contributed by atoms with Gasteiger partial charge in [-0.15, -0.1) is 0 Å². The molecule has 6 nitrogen and oxygen atoms in total. The summed E-state index contributed by atoms with van der Waals surface area (Å²) in [4.78, 5) is 28.0. The Morgan fingerprint density at radius 1 is 1.05 bits per heavy atom. The number of amides is 1. The highest BCUT2D eigenvalue weighted by Gasteiger charge is 2.42. The third kappa shape index (κ3) is 6.97. The lowest BCUT2D eigenvalue weighted by Crippen LogP contribution is -2.33. The van der Waals surface area contributed by atoms with Crippen LogP contribution in [0.4, 0.5) is 11.4 Å². The lowest BCUT2D eigenvalue weighted by atomic mass is 9.96. The molecule has 2 unspecified atom stereocenters. The van der Waals surface area contributed by atoms with Gasteiger partial charge in [0.05, 0.1) is 11.5 Å². The molecular weight excluding hydrogens is 553 g/mol. The topological polar surface area (TPSA) is 70.1 Å². The molecule has 2 aliphatic heterocycles. The summed E-state index contributed by atoms with van der Waals surface area (Å²) in [5.74, 6) is -0.0315. The summed E-state index contributed by atoms with van der Waals surface area (Å²) in [7, 11) is 0. The summed E-state index contributed by atoms with van der Waals surface area (Å²) < 4.78 is 6.34. The van der Waals surface area contributed by atoms with E-state index in [9.17, 15) is 9.59 Å². The van der Waals surface area contributed by atoms with Crippen LogP contribution in [0.15, 0.2) is 47.4 Å². The van der Waals surface area contributed by atoms with Gasteiger partial charge in [-0.2, -0.15) is 0 Å². The fourth-order valence-corrected chi connectivity index (χ4v) is 7.61. The van der Waals surface area contributed by atoms with Crippen molar-refractivity contribution >= 4 is 57.6 Å². The number of carboxylic acid groups (broad SMARTS) is 1. The Labute approximate surface area is 253 Å². The standard InChI is InChI=1S/C33H40N2O4S2/c1-2-3-4-5-6-7-8-9-19-39-25-16-14-24(15-17-25)35-28-12-10-11-26(28)27-20-23(13-18-29(27)35)21-30-32(38)34(22-31(36)37)33(40)41-30/h13-18,20-21,26,28H,2-12,19,22H2,1H3,(H,36,37)/b30-21-. The number of anilines is 2. The summed E-state index contributed by atoms with van der Waals surface area (Å²) in [6.07, 6.45) is 15.7. The van der Waals surface area contributed by atoms with Gasteiger partial charge in [0.2, 0.25) is 0 Å². The van der Waals surface area contributed by atoms with Gasteiger partial charge in [-0.1, -0.05) is 88.3 Å². The zero-order valence-corrected chi connectivity index (χ0v) is 25.5. The number of carbonyl (C=O) groups excluding carboxylic acids is 1. The molecule has 1 saturated heterocycles. The van der Waals surface area contributed by atoms with Gasteiger partial charge >= 0.3 is 5.97 Å². The van der Waals surface area contributed by atoms with Gasteiger partial charge < -0.3 is 14.7 Å². The largest absolute Gasteiger partial charge is 0.494 e. The molecule has 5 rings (SSSR count). The van der Waals surface area contributed by atoms with Gasteiger partial charge in [0, 0.05) is 23.3 Å². The van der Waals surface area contributed by atoms with Crippen LogP contribution in [0.3, 0.4) is 0 Å². The summed E-state index contributed by atoms with van der Waals surface area (Å²) >= 11 is 6.42. The number of fused-ring (bicyclic) bond motifs is 3. The number of thiocarbonyl (C=S) groups is 1. The number of benzene rings is 2. The molecule has 1 amide bonds. The van der Waals surface area contributed by atoms with Gasteiger partial charge in [-0.3, -0.25) is 14.5 Å². The Hall–Kier alpha value is -2.84. The Bertz CT molecular complexity index is 1290. The van der Waals surface area contributed by atoms with Crippen molar-refractivity contribution in [3.8, 4) is 5.75 Å². The SMILES string of the molecule is CCCCCCCCCCOc1ccc(N2c3ccc(/C=C4\SC(=S)N(CC(=O)O)C4=O)cc3C3CCCC32)cc1. The van der Waals surface area contributed by atoms with E-state index in [2.05, 4.69) is 48.2 Å². The second kappa shape index (κ2) is 13.9. The maximum Gasteiger partial charge on any atom is 0.323 e. The van der Waals surface area contributed by atoms with Crippen LogP contribution in [0, 0.1) is 0 Å². The van der Waals surface area contributed by atoms with Crippen molar-refractivity contribution in [3.05, 3.63) is 58.5 Å². The lowest BCUT2D eigenvalue weighted by Gasteiger charge is -2.27. The monoisotopic (exact) mass is 592 g/mol. The van der Waals surface area contributed by atoms with E-state index in [0.29, 0.717) is 16.9 Å². The van der Waals surface area contributed by atoms with E-state index in [1.54, 1.807) is 0 Å². The van der Waals surface area contributed by atoms with E-state index in [-0.39, 0.29) is 10.2 Å². The summed E-state index contributed by atoms with van der Waals surface area (Å²) in [6.45, 7) is 2.62. The van der Waals surface area contributed by atoms with Gasteiger partial charge in [-0.05, 0) is 72.9 Å². The Kier molecular flexibility index (Phi) is 10.0. The molecule has 0 bridgehead atoms. The quantitative estimate of drug-likeness (QED) is 0.134. The minimum absolute atomic E-state index is 0.289. The third-order valence-corrected chi connectivity index (χ3v) is 9.75. The highest BCUT2D eigenvalue weighted by molar-refractivity contribution is 8.26. The Balaban J connectivity index is 1.22. The Morgan fingerprint density at radius 3 is 2.51 bits per heavy atom. The number of carbonyl (C=O) groups is 2. The average Bonchev–Trinajstić information content (AvgIpc) is 3.62. The minimum Gasteiger partial charge on any atom is -0.494 e. The maximum absolute atomic E-state index is 12.8. The number of thioether (sulfide) groups is 1. The van der Waals surface area contributed by atoms with Crippen LogP contribution < -0.4 is 9.64 Å². The number of hydrogen-bond acceptors (Lipinski definition) is 6. The third-order valence-electron chi connectivity index (χ3n) is 8.37. The van der Waals surface area contributed by atoms with Crippen LogP contribution in [-0.4, -0.2) is 45.4 Å². The fourth-order valence-electron chi connectivity index (χ4n) is 6.35. The number of hydrogen-bond donors (Lipinski definition) is 1. The van der Waals surface area contributed by atoms with Crippen molar-refractivity contribution in [2.24, 2.45) is 0 Å². The molecule has 1 N–H and O–H groups in total. The summed E-state index contributed by atoms with van der Waals surface area (Å²) in [5, 5.41) is 9.11. The molecule has 2 heterocycles. The molecule has 2 aromatic carbocycles. The molecule has 0 aromatic heterocycles. The maximum atomic E-state index is 12.8. The van der Waals surface area contributed by atoms with E-state index in [0.717, 1.165) is 42.1 Å². The van der Waals surface area contributed by atoms with Crippen molar-refractivity contribution in [2.45, 2.75) is 89.5 Å². The average molecular weight is 593 g/mol. The van der Waals surface area contributed by atoms with Crippen molar-refractivity contribution in [3.63, 3.8) is 0 Å². The first kappa shape index (κ1) is 29.6. The molecule has 2 atom stereocenters. The number of rotatable bonds is 14. The first-order chi connectivity index (χ1) is 20.0. The number of unbranched alkanes of at least 4 members (excludes halogenated alkanes) is 7. The normalized spacial score (nSPS) is 20.7. The predicted octanol–water partition coefficient (Wildman–Crippen LogP) is 8.28. The van der Waals surface area contributed by atoms with E-state index < -0.39 is 12.5 Å². The fraction of sp³-hybridized carbons (Fsp3) is 0.485. The molecule has 1 aliphatic carbocycles. The van der Waals surface area contributed by atoms with E-state index in [4.69, 9.17) is 22.1 Å². The van der Waals surface area contributed by atoms with Crippen molar-refractivity contribution in [1.29, 1.82) is 0 Å². The highest BCUT2D eigenvalue weighted by Crippen LogP contribution is 2.52. The summed E-state index contributed by atoms with van der Waals surface area (Å²) in [6, 6.07) is 15.4. The first-order valence-corrected chi connectivity index (χ1v) is 16.3. The van der Waals surface area contributed by atoms with Gasteiger partial charge in [-0.25, -0.2) is 0 Å². The number of nitrogens with zero attached hydrogens (tertiary/aromatic N) is 2. The van der Waals surface area contributed by atoms with E-state index in [1.807, 2.05) is 12.1 Å². The smallest absolute Gasteiger partial charge is 0.323 e. The minimum atomic E-state index is -1.07. The molecule has 1 saturated carbocycles. The van der Waals surface area contributed by atoms with Gasteiger partial charge in [0.1, 0.15) is 16.6 Å². The van der Waals surface area contributed by atoms with Crippen LogP contribution in [-0.2, 0) is 9.59 Å². The van der Waals surface area contributed by atoms with Crippen LogP contribution in [0.5, 0.6) is 5.75 Å². The molecular formula is C33H40N2O4S2. The molecule has 41 heavy (non-hydrogen) atoms. The molecule has 218 valence electrons. The number of aliphatic carboxylic acids is 1. The molecule has 2 aromatic rings. The molecule has 0 spiro atoms. The first-order valence-electron chi connectivity index (χ1n) is 15.1. The Morgan fingerprint density at radius 2 is 1.78 bits per heavy atom. The van der Waals surface area contributed by atoms with Gasteiger partial charge in [0.15, 0.2) is 0 Å². The predicted molar refractivity (Wildman–Crippen MR) is 171 cm³/mol. The number of carboxylic acids is 1. The van der Waals surface area contributed by atoms with Crippen LogP contribution in [0.2, 0.25) is 0 Å². The molecule has 0 radical (unpaired) electrons. The highest BCUT2D eigenvalue weighted by atomic mass is 32.2. The van der Waals surface area contributed by atoms with Crippen molar-refractivity contribution < 1.29 is 19.4 Å². The molecule has 8 heteroatoms. The summed E-state index contributed by atoms with van der Waals surface area (Å²) in [5.41, 5.74) is 4.67. The lowest BCUT2D eigenvalue weighted by molar-refractivity contribution is -0.140. The zero-order chi connectivity index (χ0) is 28.8. The molecule has 2 fully saturated rings. The molecule has 3 aliphatic rings. The van der Waals surface area contributed by atoms with Gasteiger partial charge in [0.25, 0.3) is 5.91 Å². The second-order valence-corrected chi connectivity index (χ2v) is 12.9. The van der Waals surface area contributed by atoms with Crippen LogP contribution in [0.1, 0.15) is 94.6 Å². The number of ether oxygens (including phenoxy) is 1. The van der Waals surface area contributed by atoms with Crippen molar-refractivity contribution in [2.75, 3.05) is 18.1 Å². The van der Waals surface area contributed by atoms with Crippen molar-refractivity contribution in [1.82, 2.24) is 4.90 Å². The van der Waals surface area contributed by atoms with Crippen LogP contribution in [0.25, 0.3) is 6.08 Å². The van der Waals surface area contributed by atoms with Crippen LogP contribution >= 0.6 is 24.0 Å². The second-order valence-electron chi connectivity index (χ2n) is 11.3. The zero-order valence-electron chi connectivity index (χ0n) is 23.8. The van der Waals surface area contributed by atoms with E-state index >= 15 is 0 Å².